The number of amides is 1. The summed E-state index contributed by atoms with van der Waals surface area (Å²) < 4.78 is 13.7. The van der Waals surface area contributed by atoms with E-state index < -0.39 is 16.6 Å². The van der Waals surface area contributed by atoms with Gasteiger partial charge in [0, 0.05) is 11.8 Å². The number of thioether (sulfide) groups is 2. The molecule has 1 aliphatic rings. The van der Waals surface area contributed by atoms with Crippen molar-refractivity contribution in [3.05, 3.63) is 68.9 Å². The summed E-state index contributed by atoms with van der Waals surface area (Å²) in [4.78, 5) is 25.5. The highest BCUT2D eigenvalue weighted by molar-refractivity contribution is 8.27. The smallest absolute Gasteiger partial charge is 0.283 e. The molecule has 1 aliphatic heterocycles. The summed E-state index contributed by atoms with van der Waals surface area (Å²) in [5.41, 5.74) is 0.695. The Morgan fingerprint density at radius 2 is 2.11 bits per heavy atom. The molecule has 2 aromatic rings. The summed E-state index contributed by atoms with van der Waals surface area (Å²) in [6.45, 7) is -0.0911. The predicted molar refractivity (Wildman–Crippen MR) is 113 cm³/mol. The molecule has 1 N–H and O–H groups in total. The molecule has 1 heterocycles. The van der Waals surface area contributed by atoms with Crippen LogP contribution in [0.25, 0.3) is 6.08 Å². The van der Waals surface area contributed by atoms with Gasteiger partial charge in [0.05, 0.1) is 27.0 Å². The second kappa shape index (κ2) is 8.82. The molecular weight excluding hydrogens is 423 g/mol. The topological polar surface area (TPSA) is 83.7 Å². The lowest BCUT2D eigenvalue weighted by Gasteiger charge is -2.14. The summed E-state index contributed by atoms with van der Waals surface area (Å²) in [5.74, 6) is -0.559. The van der Waals surface area contributed by atoms with Crippen molar-refractivity contribution < 1.29 is 19.2 Å². The van der Waals surface area contributed by atoms with E-state index >= 15 is 0 Å². The fourth-order valence-electron chi connectivity index (χ4n) is 2.50. The Bertz CT molecular complexity index is 997. The molecule has 1 amide bonds. The minimum atomic E-state index is -0.505. The van der Waals surface area contributed by atoms with E-state index in [9.17, 15) is 19.3 Å². The second-order valence-electron chi connectivity index (χ2n) is 5.55. The van der Waals surface area contributed by atoms with Crippen LogP contribution in [0.2, 0.25) is 0 Å². The van der Waals surface area contributed by atoms with Crippen LogP contribution in [-0.2, 0) is 4.79 Å². The Balaban J connectivity index is 1.91. The van der Waals surface area contributed by atoms with E-state index in [2.05, 4.69) is 0 Å². The Labute approximate surface area is 173 Å². The summed E-state index contributed by atoms with van der Waals surface area (Å²) in [6, 6.07) is 10.2. The third-order valence-corrected chi connectivity index (χ3v) is 6.03. The number of rotatable bonds is 6. The standard InChI is InChI=1S/C18H13FN2O4S3/c19-12-2-1-3-13(10-12)20-17(23)16(28-18(20)26)9-11-4-5-15(27-7-6-22)14(8-11)21(24)25/h1-5,8-10,22H,6-7H2/b16-9+. The number of nitrogens with zero attached hydrogens (tertiary/aromatic N) is 2. The van der Waals surface area contributed by atoms with Gasteiger partial charge >= 0.3 is 0 Å². The average molecular weight is 437 g/mol. The molecule has 0 aromatic heterocycles. The van der Waals surface area contributed by atoms with E-state index in [1.165, 1.54) is 47.0 Å². The minimum absolute atomic E-state index is 0.0911. The number of halogens is 1. The largest absolute Gasteiger partial charge is 0.396 e. The SMILES string of the molecule is O=C1/C(=C\c2ccc(SCCO)c([N+](=O)[O-])c2)SC(=S)N1c1cccc(F)c1. The van der Waals surface area contributed by atoms with Crippen molar-refractivity contribution in [3.63, 3.8) is 0 Å². The first-order valence-electron chi connectivity index (χ1n) is 7.96. The molecule has 6 nitrogen and oxygen atoms in total. The Morgan fingerprint density at radius 1 is 1.32 bits per heavy atom. The number of hydrogen-bond donors (Lipinski definition) is 1. The van der Waals surface area contributed by atoms with E-state index in [1.54, 1.807) is 18.2 Å². The number of anilines is 1. The number of nitro groups is 1. The Kier molecular flexibility index (Phi) is 6.45. The van der Waals surface area contributed by atoms with Crippen LogP contribution in [0.3, 0.4) is 0 Å². The summed E-state index contributed by atoms with van der Waals surface area (Å²) >= 11 is 7.47. The number of aliphatic hydroxyl groups excluding tert-OH is 1. The molecule has 0 atom stereocenters. The molecule has 0 spiro atoms. The molecule has 0 aliphatic carbocycles. The summed E-state index contributed by atoms with van der Waals surface area (Å²) in [7, 11) is 0. The molecule has 0 unspecified atom stereocenters. The van der Waals surface area contributed by atoms with Crippen LogP contribution < -0.4 is 4.90 Å². The highest BCUT2D eigenvalue weighted by atomic mass is 32.2. The average Bonchev–Trinajstić information content (AvgIpc) is 2.93. The van der Waals surface area contributed by atoms with Crippen LogP contribution in [-0.4, -0.2) is 32.6 Å². The molecule has 144 valence electrons. The monoisotopic (exact) mass is 436 g/mol. The number of thiocarbonyl (C=S) groups is 1. The predicted octanol–water partition coefficient (Wildman–Crippen LogP) is 4.22. The molecule has 1 saturated heterocycles. The van der Waals surface area contributed by atoms with Gasteiger partial charge in [-0.05, 0) is 35.9 Å². The van der Waals surface area contributed by atoms with E-state index in [1.807, 2.05) is 0 Å². The number of benzene rings is 2. The van der Waals surface area contributed by atoms with Gasteiger partial charge in [-0.2, -0.15) is 0 Å². The fraction of sp³-hybridized carbons (Fsp3) is 0.111. The van der Waals surface area contributed by atoms with Crippen molar-refractivity contribution in [2.75, 3.05) is 17.3 Å². The molecule has 2 aromatic carbocycles. The van der Waals surface area contributed by atoms with E-state index in [-0.39, 0.29) is 16.6 Å². The quantitative estimate of drug-likeness (QED) is 0.239. The van der Waals surface area contributed by atoms with Gasteiger partial charge < -0.3 is 5.11 Å². The van der Waals surface area contributed by atoms with Crippen LogP contribution in [0.5, 0.6) is 0 Å². The van der Waals surface area contributed by atoms with E-state index in [4.69, 9.17) is 17.3 Å². The van der Waals surface area contributed by atoms with Gasteiger partial charge in [0.25, 0.3) is 11.6 Å². The maximum absolute atomic E-state index is 13.5. The zero-order valence-corrected chi connectivity index (χ0v) is 16.7. The first kappa shape index (κ1) is 20.5. The fourth-order valence-corrected chi connectivity index (χ4v) is 4.56. The number of nitro benzene ring substituents is 1. The molecule has 3 rings (SSSR count). The highest BCUT2D eigenvalue weighted by Crippen LogP contribution is 2.37. The van der Waals surface area contributed by atoms with Gasteiger partial charge in [-0.1, -0.05) is 36.1 Å². The van der Waals surface area contributed by atoms with Gasteiger partial charge in [0.1, 0.15) is 5.82 Å². The molecule has 28 heavy (non-hydrogen) atoms. The Morgan fingerprint density at radius 3 is 2.79 bits per heavy atom. The van der Waals surface area contributed by atoms with Crippen molar-refractivity contribution in [3.8, 4) is 0 Å². The normalized spacial score (nSPS) is 15.5. The molecule has 0 bridgehead atoms. The first-order valence-corrected chi connectivity index (χ1v) is 10.2. The lowest BCUT2D eigenvalue weighted by Crippen LogP contribution is -2.27. The second-order valence-corrected chi connectivity index (χ2v) is 8.37. The van der Waals surface area contributed by atoms with Crippen LogP contribution >= 0.6 is 35.7 Å². The first-order chi connectivity index (χ1) is 13.4. The van der Waals surface area contributed by atoms with E-state index in [0.29, 0.717) is 26.8 Å². The van der Waals surface area contributed by atoms with Gasteiger partial charge in [-0.25, -0.2) is 4.39 Å². The molecular formula is C18H13FN2O4S3. The molecule has 10 heteroatoms. The molecule has 0 saturated carbocycles. The van der Waals surface area contributed by atoms with Gasteiger partial charge in [0.15, 0.2) is 4.32 Å². The maximum atomic E-state index is 13.5. The summed E-state index contributed by atoms with van der Waals surface area (Å²) in [5, 5.41) is 20.2. The van der Waals surface area contributed by atoms with Gasteiger partial charge in [-0.15, -0.1) is 11.8 Å². The number of carbonyl (C=O) groups excluding carboxylic acids is 1. The van der Waals surface area contributed by atoms with Crippen molar-refractivity contribution >= 4 is 63.4 Å². The van der Waals surface area contributed by atoms with Crippen molar-refractivity contribution in [2.45, 2.75) is 4.90 Å². The van der Waals surface area contributed by atoms with Crippen LogP contribution in [0.4, 0.5) is 15.8 Å². The number of hydrogen-bond acceptors (Lipinski definition) is 7. The lowest BCUT2D eigenvalue weighted by molar-refractivity contribution is -0.387. The number of aliphatic hydroxyl groups is 1. The van der Waals surface area contributed by atoms with Crippen molar-refractivity contribution in [1.29, 1.82) is 0 Å². The third-order valence-electron chi connectivity index (χ3n) is 3.69. The highest BCUT2D eigenvalue weighted by Gasteiger charge is 2.33. The maximum Gasteiger partial charge on any atom is 0.283 e. The molecule has 1 fully saturated rings. The minimum Gasteiger partial charge on any atom is -0.396 e. The zero-order chi connectivity index (χ0) is 20.3. The van der Waals surface area contributed by atoms with Crippen LogP contribution in [0, 0.1) is 15.9 Å². The Hall–Kier alpha value is -2.27. The third kappa shape index (κ3) is 4.41. The van der Waals surface area contributed by atoms with Gasteiger partial charge in [-0.3, -0.25) is 19.8 Å². The van der Waals surface area contributed by atoms with Crippen LogP contribution in [0.1, 0.15) is 5.56 Å². The van der Waals surface area contributed by atoms with E-state index in [0.717, 1.165) is 11.8 Å². The van der Waals surface area contributed by atoms with Gasteiger partial charge in [0.2, 0.25) is 0 Å². The molecule has 0 radical (unpaired) electrons. The number of carbonyl (C=O) groups is 1. The van der Waals surface area contributed by atoms with Crippen molar-refractivity contribution in [2.24, 2.45) is 0 Å². The summed E-state index contributed by atoms with van der Waals surface area (Å²) in [6.07, 6.45) is 1.52. The van der Waals surface area contributed by atoms with Crippen molar-refractivity contribution in [1.82, 2.24) is 0 Å². The lowest BCUT2D eigenvalue weighted by atomic mass is 10.2. The zero-order valence-electron chi connectivity index (χ0n) is 14.2. The van der Waals surface area contributed by atoms with Crippen LogP contribution in [0.15, 0.2) is 52.3 Å².